The van der Waals surface area contributed by atoms with Gasteiger partial charge in [-0.1, -0.05) is 46.4 Å². The molecular weight excluding hydrogens is 330 g/mol. The molecule has 1 heterocycles. The number of ketones is 1. The van der Waals surface area contributed by atoms with E-state index < -0.39 is 11.4 Å². The molecule has 0 radical (unpaired) electrons. The Labute approximate surface area is 130 Å². The molecule has 1 aliphatic heterocycles. The second-order valence-corrected chi connectivity index (χ2v) is 7.27. The quantitative estimate of drug-likeness (QED) is 0.663. The van der Waals surface area contributed by atoms with E-state index in [0.29, 0.717) is 11.8 Å². The van der Waals surface area contributed by atoms with Crippen molar-refractivity contribution in [2.45, 2.75) is 31.0 Å². The van der Waals surface area contributed by atoms with Crippen molar-refractivity contribution in [3.63, 3.8) is 0 Å². The van der Waals surface area contributed by atoms with Crippen LogP contribution >= 0.6 is 46.4 Å². The van der Waals surface area contributed by atoms with Crippen molar-refractivity contribution in [2.75, 3.05) is 0 Å². The number of hydrogen-bond acceptors (Lipinski definition) is 2. The molecule has 4 atom stereocenters. The molecule has 2 bridgehead atoms. The van der Waals surface area contributed by atoms with Crippen LogP contribution in [0.5, 0.6) is 0 Å². The van der Waals surface area contributed by atoms with Crippen molar-refractivity contribution in [2.24, 2.45) is 17.8 Å². The molecule has 2 nitrogen and oxygen atoms in total. The average molecular weight is 340 g/mol. The summed E-state index contributed by atoms with van der Waals surface area (Å²) >= 11 is 24.6. The van der Waals surface area contributed by atoms with Gasteiger partial charge in [0.2, 0.25) is 5.78 Å². The molecule has 4 rings (SSSR count). The van der Waals surface area contributed by atoms with Crippen molar-refractivity contribution in [1.29, 1.82) is 0 Å². The van der Waals surface area contributed by atoms with Crippen LogP contribution in [0.3, 0.4) is 0 Å². The first-order chi connectivity index (χ1) is 8.98. The summed E-state index contributed by atoms with van der Waals surface area (Å²) in [6, 6.07) is 0. The van der Waals surface area contributed by atoms with E-state index in [1.54, 1.807) is 0 Å². The summed E-state index contributed by atoms with van der Waals surface area (Å²) in [5.74, 6) is 0.819. The lowest BCUT2D eigenvalue weighted by molar-refractivity contribution is -0.232. The number of fused-ring (bicyclic) bond motifs is 6. The van der Waals surface area contributed by atoms with E-state index in [0.717, 1.165) is 12.8 Å². The molecule has 0 N–H and O–H groups in total. The van der Waals surface area contributed by atoms with Gasteiger partial charge in [0.05, 0.1) is 16.2 Å². The number of hydrogen-bond donors (Lipinski definition) is 0. The van der Waals surface area contributed by atoms with Crippen LogP contribution in [0.25, 0.3) is 0 Å². The van der Waals surface area contributed by atoms with Gasteiger partial charge in [0.15, 0.2) is 0 Å². The molecule has 4 aliphatic rings. The minimum atomic E-state index is -0.949. The maximum Gasteiger partial charge on any atom is 0.218 e. The van der Waals surface area contributed by atoms with E-state index in [-0.39, 0.29) is 32.2 Å². The maximum atomic E-state index is 11.8. The van der Waals surface area contributed by atoms with Crippen molar-refractivity contribution in [1.82, 2.24) is 0 Å². The third kappa shape index (κ3) is 1.33. The second-order valence-electron chi connectivity index (χ2n) is 5.76. The monoisotopic (exact) mass is 338 g/mol. The third-order valence-electron chi connectivity index (χ3n) is 5.07. The van der Waals surface area contributed by atoms with Gasteiger partial charge < -0.3 is 4.74 Å². The number of rotatable bonds is 0. The van der Waals surface area contributed by atoms with E-state index in [4.69, 9.17) is 51.1 Å². The van der Waals surface area contributed by atoms with Gasteiger partial charge in [0.25, 0.3) is 0 Å². The molecule has 2 saturated carbocycles. The molecule has 0 aromatic carbocycles. The van der Waals surface area contributed by atoms with Gasteiger partial charge in [-0.05, 0) is 31.1 Å². The molecule has 1 spiro atoms. The van der Waals surface area contributed by atoms with Gasteiger partial charge in [0.1, 0.15) is 15.7 Å². The summed E-state index contributed by atoms with van der Waals surface area (Å²) in [5, 5.41) is 0.305. The van der Waals surface area contributed by atoms with Crippen LogP contribution < -0.4 is 0 Å². The first-order valence-corrected chi connectivity index (χ1v) is 7.83. The highest BCUT2D eigenvalue weighted by Crippen LogP contribution is 2.68. The maximum absolute atomic E-state index is 11.8. The Morgan fingerprint density at radius 1 is 1.00 bits per heavy atom. The van der Waals surface area contributed by atoms with Crippen LogP contribution in [0.2, 0.25) is 0 Å². The Bertz CT molecular complexity index is 535. The lowest BCUT2D eigenvalue weighted by atomic mass is 9.67. The lowest BCUT2D eigenvalue weighted by Gasteiger charge is -2.57. The van der Waals surface area contributed by atoms with Crippen molar-refractivity contribution < 1.29 is 9.53 Å². The highest BCUT2D eigenvalue weighted by atomic mass is 35.5. The number of Topliss-reactive ketones (excluding diaryl/α,β-unsaturated/α-hetero) is 1. The number of ether oxygens (including phenoxy) is 1. The molecule has 102 valence electrons. The van der Waals surface area contributed by atoms with Gasteiger partial charge >= 0.3 is 0 Å². The van der Waals surface area contributed by atoms with Crippen molar-refractivity contribution in [3.05, 3.63) is 20.1 Å². The molecule has 3 aliphatic carbocycles. The van der Waals surface area contributed by atoms with Crippen molar-refractivity contribution >= 4 is 52.2 Å². The van der Waals surface area contributed by atoms with Crippen LogP contribution in [-0.4, -0.2) is 17.5 Å². The number of carbonyl (C=O) groups excluding carboxylic acids is 1. The zero-order valence-electron chi connectivity index (χ0n) is 9.76. The molecule has 1 saturated heterocycles. The van der Waals surface area contributed by atoms with Gasteiger partial charge in [0, 0.05) is 5.92 Å². The zero-order chi connectivity index (χ0) is 13.5. The minimum Gasteiger partial charge on any atom is -0.359 e. The fourth-order valence-corrected chi connectivity index (χ4v) is 5.57. The lowest BCUT2D eigenvalue weighted by Crippen LogP contribution is -2.64. The van der Waals surface area contributed by atoms with Gasteiger partial charge in [-0.25, -0.2) is 0 Å². The smallest absolute Gasteiger partial charge is 0.218 e. The van der Waals surface area contributed by atoms with E-state index >= 15 is 0 Å². The van der Waals surface area contributed by atoms with E-state index in [1.165, 1.54) is 6.42 Å². The van der Waals surface area contributed by atoms with Gasteiger partial charge in [-0.2, -0.15) is 0 Å². The minimum absolute atomic E-state index is 0.0581. The average Bonchev–Trinajstić information content (AvgIpc) is 2.91. The predicted molar refractivity (Wildman–Crippen MR) is 74.4 cm³/mol. The van der Waals surface area contributed by atoms with E-state index in [9.17, 15) is 4.79 Å². The Hall–Kier alpha value is 0.270. The first kappa shape index (κ1) is 13.0. The largest absolute Gasteiger partial charge is 0.359 e. The molecule has 19 heavy (non-hydrogen) atoms. The number of halogens is 4. The summed E-state index contributed by atoms with van der Waals surface area (Å²) < 4.78 is 6.04. The fourth-order valence-electron chi connectivity index (χ4n) is 4.31. The molecule has 3 fully saturated rings. The Kier molecular flexibility index (Phi) is 2.68. The molecule has 0 unspecified atom stereocenters. The third-order valence-corrected chi connectivity index (χ3v) is 6.92. The van der Waals surface area contributed by atoms with Crippen molar-refractivity contribution in [3.8, 4) is 0 Å². The molecule has 0 aromatic heterocycles. The van der Waals surface area contributed by atoms with E-state index in [2.05, 4.69) is 0 Å². The summed E-state index contributed by atoms with van der Waals surface area (Å²) in [6.45, 7) is 0. The van der Waals surface area contributed by atoms with Gasteiger partial charge in [-0.15, -0.1) is 0 Å². The highest BCUT2D eigenvalue weighted by Gasteiger charge is 2.70. The Balaban J connectivity index is 1.85. The first-order valence-electron chi connectivity index (χ1n) is 6.32. The number of carbonyl (C=O) groups is 1. The Morgan fingerprint density at radius 2 is 1.58 bits per heavy atom. The standard InChI is InChI=1S/C13H10Cl4O2/c14-7-9(18)8(15)12(17)13(11(7)16)6-4-1-2-5(3-4)10(6)19-13/h4-6,10H,1-3H2/t4-,5+,6+,10-/m0/s1. The van der Waals surface area contributed by atoms with E-state index in [1.807, 2.05) is 0 Å². The highest BCUT2D eigenvalue weighted by molar-refractivity contribution is 6.61. The van der Waals surface area contributed by atoms with Crippen LogP contribution in [0.1, 0.15) is 19.3 Å². The summed E-state index contributed by atoms with van der Waals surface area (Å²) in [5.41, 5.74) is -0.949. The normalized spacial score (nSPS) is 43.1. The number of allylic oxidation sites excluding steroid dienone is 2. The molecular formula is C13H10Cl4O2. The predicted octanol–water partition coefficient (Wildman–Crippen LogP) is 4.13. The van der Waals surface area contributed by atoms with Crippen LogP contribution in [0.15, 0.2) is 20.1 Å². The van der Waals surface area contributed by atoms with Crippen LogP contribution in [-0.2, 0) is 9.53 Å². The Morgan fingerprint density at radius 3 is 2.16 bits per heavy atom. The topological polar surface area (TPSA) is 26.3 Å². The fraction of sp³-hybridized carbons (Fsp3) is 0.615. The summed E-state index contributed by atoms with van der Waals surface area (Å²) in [6.07, 6.45) is 3.69. The van der Waals surface area contributed by atoms with Crippen LogP contribution in [0.4, 0.5) is 0 Å². The molecule has 0 aromatic rings. The summed E-state index contributed by atoms with van der Waals surface area (Å²) in [7, 11) is 0. The zero-order valence-corrected chi connectivity index (χ0v) is 12.8. The van der Waals surface area contributed by atoms with Crippen LogP contribution in [0, 0.1) is 17.8 Å². The SMILES string of the molecule is O=C1C(Cl)=C(Cl)C2(O[C@H]3[C@@H]4CC[C@@H](C4)[C@H]32)C(Cl)=C1Cl. The molecule has 0 amide bonds. The molecule has 6 heteroatoms. The second kappa shape index (κ2) is 3.92. The summed E-state index contributed by atoms with van der Waals surface area (Å²) in [4.78, 5) is 11.8. The van der Waals surface area contributed by atoms with Gasteiger partial charge in [-0.3, -0.25) is 4.79 Å².